The molecule has 0 aliphatic carbocycles. The third-order valence-corrected chi connectivity index (χ3v) is 5.43. The molecule has 23 heavy (non-hydrogen) atoms. The van der Waals surface area contributed by atoms with Crippen LogP contribution < -0.4 is 0 Å². The van der Waals surface area contributed by atoms with Gasteiger partial charge in [0.2, 0.25) is 15.9 Å². The minimum absolute atomic E-state index is 0.0838. The predicted molar refractivity (Wildman–Crippen MR) is 91.4 cm³/mol. The fourth-order valence-electron chi connectivity index (χ4n) is 2.97. The van der Waals surface area contributed by atoms with Crippen LogP contribution in [0.2, 0.25) is 0 Å². The highest BCUT2D eigenvalue weighted by Gasteiger charge is 2.26. The van der Waals surface area contributed by atoms with E-state index in [2.05, 4.69) is 6.92 Å². The van der Waals surface area contributed by atoms with Crippen molar-refractivity contribution in [3.8, 4) is 0 Å². The maximum atomic E-state index is 12.5. The average Bonchev–Trinajstić information content (AvgIpc) is 2.45. The second-order valence-electron chi connectivity index (χ2n) is 6.61. The molecule has 0 saturated carbocycles. The fraction of sp³-hybridized carbons (Fsp3) is 0.588. The third kappa shape index (κ3) is 5.32. The minimum Gasteiger partial charge on any atom is -0.341 e. The lowest BCUT2D eigenvalue weighted by Crippen LogP contribution is -2.45. The molecule has 1 saturated heterocycles. The van der Waals surface area contributed by atoms with Crippen LogP contribution in [-0.2, 0) is 21.4 Å². The van der Waals surface area contributed by atoms with Gasteiger partial charge in [0, 0.05) is 19.6 Å². The van der Waals surface area contributed by atoms with Gasteiger partial charge in [-0.1, -0.05) is 36.8 Å². The van der Waals surface area contributed by atoms with Gasteiger partial charge in [0.25, 0.3) is 0 Å². The Morgan fingerprint density at radius 1 is 1.39 bits per heavy atom. The van der Waals surface area contributed by atoms with Crippen molar-refractivity contribution in [2.24, 2.45) is 5.92 Å². The Balaban J connectivity index is 2.08. The summed E-state index contributed by atoms with van der Waals surface area (Å²) in [5.41, 5.74) is 1.97. The van der Waals surface area contributed by atoms with Gasteiger partial charge in [0.1, 0.15) is 0 Å². The molecule has 0 bridgehead atoms. The highest BCUT2D eigenvalue weighted by molar-refractivity contribution is 7.88. The zero-order chi connectivity index (χ0) is 17.0. The van der Waals surface area contributed by atoms with Gasteiger partial charge in [-0.25, -0.2) is 8.42 Å². The number of hydrogen-bond donors (Lipinski definition) is 0. The fourth-order valence-corrected chi connectivity index (χ4v) is 3.70. The largest absolute Gasteiger partial charge is 0.341 e. The zero-order valence-corrected chi connectivity index (χ0v) is 15.0. The number of carbonyl (C=O) groups excluding carboxylic acids is 1. The van der Waals surface area contributed by atoms with E-state index >= 15 is 0 Å². The molecule has 1 aromatic rings. The standard InChI is InChI=1S/C17H26N2O3S/c1-14-6-4-8-16(10-14)12-19(23(3,21)22)13-17(20)18-9-5-7-15(2)11-18/h4,6,8,10,15H,5,7,9,11-13H2,1-3H3. The predicted octanol–water partition coefficient (Wildman–Crippen LogP) is 2.02. The number of nitrogens with zero attached hydrogens (tertiary/aromatic N) is 2. The SMILES string of the molecule is Cc1cccc(CN(CC(=O)N2CCCC(C)C2)S(C)(=O)=O)c1. The number of amides is 1. The molecule has 1 heterocycles. The molecule has 6 heteroatoms. The first kappa shape index (κ1) is 17.9. The summed E-state index contributed by atoms with van der Waals surface area (Å²) < 4.78 is 25.4. The van der Waals surface area contributed by atoms with E-state index in [-0.39, 0.29) is 19.0 Å². The van der Waals surface area contributed by atoms with E-state index in [1.54, 1.807) is 4.90 Å². The summed E-state index contributed by atoms with van der Waals surface area (Å²) in [6.07, 6.45) is 3.28. The summed E-state index contributed by atoms with van der Waals surface area (Å²) in [5, 5.41) is 0. The quantitative estimate of drug-likeness (QED) is 0.825. The van der Waals surface area contributed by atoms with Crippen molar-refractivity contribution in [2.75, 3.05) is 25.9 Å². The molecule has 0 N–H and O–H groups in total. The third-order valence-electron chi connectivity index (χ3n) is 4.23. The molecule has 1 unspecified atom stereocenters. The van der Waals surface area contributed by atoms with Crippen molar-refractivity contribution < 1.29 is 13.2 Å². The second-order valence-corrected chi connectivity index (χ2v) is 8.59. The summed E-state index contributed by atoms with van der Waals surface area (Å²) in [6.45, 7) is 5.69. The van der Waals surface area contributed by atoms with E-state index in [0.717, 1.165) is 43.3 Å². The maximum absolute atomic E-state index is 12.5. The molecule has 1 fully saturated rings. The number of hydrogen-bond acceptors (Lipinski definition) is 3. The van der Waals surface area contributed by atoms with Crippen LogP contribution in [-0.4, -0.2) is 49.4 Å². The van der Waals surface area contributed by atoms with E-state index in [9.17, 15) is 13.2 Å². The molecule has 0 spiro atoms. The van der Waals surface area contributed by atoms with Gasteiger partial charge in [-0.15, -0.1) is 0 Å². The Labute approximate surface area is 139 Å². The van der Waals surface area contributed by atoms with Crippen LogP contribution >= 0.6 is 0 Å². The molecule has 1 aliphatic heterocycles. The Morgan fingerprint density at radius 2 is 2.13 bits per heavy atom. The summed E-state index contributed by atoms with van der Waals surface area (Å²) in [4.78, 5) is 14.3. The number of aryl methyl sites for hydroxylation is 1. The number of sulfonamides is 1. The zero-order valence-electron chi connectivity index (χ0n) is 14.2. The topological polar surface area (TPSA) is 57.7 Å². The van der Waals surface area contributed by atoms with Gasteiger partial charge in [-0.3, -0.25) is 4.79 Å². The van der Waals surface area contributed by atoms with E-state index in [4.69, 9.17) is 0 Å². The number of benzene rings is 1. The summed E-state index contributed by atoms with van der Waals surface area (Å²) >= 11 is 0. The highest BCUT2D eigenvalue weighted by Crippen LogP contribution is 2.17. The molecule has 1 aromatic carbocycles. The van der Waals surface area contributed by atoms with Crippen molar-refractivity contribution >= 4 is 15.9 Å². The van der Waals surface area contributed by atoms with E-state index < -0.39 is 10.0 Å². The number of rotatable bonds is 5. The van der Waals surface area contributed by atoms with Crippen molar-refractivity contribution in [3.63, 3.8) is 0 Å². The van der Waals surface area contributed by atoms with Gasteiger partial charge in [-0.05, 0) is 31.2 Å². The van der Waals surface area contributed by atoms with Crippen LogP contribution in [0.25, 0.3) is 0 Å². The lowest BCUT2D eigenvalue weighted by Gasteiger charge is -2.32. The van der Waals surface area contributed by atoms with Crippen LogP contribution in [0.3, 0.4) is 0 Å². The summed E-state index contributed by atoms with van der Waals surface area (Å²) in [6, 6.07) is 7.71. The molecule has 128 valence electrons. The van der Waals surface area contributed by atoms with Crippen molar-refractivity contribution in [1.29, 1.82) is 0 Å². The van der Waals surface area contributed by atoms with E-state index in [0.29, 0.717) is 5.92 Å². The van der Waals surface area contributed by atoms with Crippen LogP contribution in [0.4, 0.5) is 0 Å². The lowest BCUT2D eigenvalue weighted by molar-refractivity contribution is -0.133. The monoisotopic (exact) mass is 338 g/mol. The lowest BCUT2D eigenvalue weighted by atomic mass is 10.0. The van der Waals surface area contributed by atoms with Gasteiger partial charge < -0.3 is 4.90 Å². The van der Waals surface area contributed by atoms with Gasteiger partial charge in [0.05, 0.1) is 12.8 Å². The molecule has 1 amide bonds. The smallest absolute Gasteiger partial charge is 0.237 e. The molecule has 1 atom stereocenters. The van der Waals surface area contributed by atoms with Gasteiger partial charge >= 0.3 is 0 Å². The maximum Gasteiger partial charge on any atom is 0.237 e. The molecule has 1 aliphatic rings. The minimum atomic E-state index is -3.44. The summed E-state index contributed by atoms with van der Waals surface area (Å²) in [5.74, 6) is 0.380. The Morgan fingerprint density at radius 3 is 2.74 bits per heavy atom. The van der Waals surface area contributed by atoms with Crippen LogP contribution in [0.1, 0.15) is 30.9 Å². The van der Waals surface area contributed by atoms with Gasteiger partial charge in [-0.2, -0.15) is 4.31 Å². The number of piperidine rings is 1. The van der Waals surface area contributed by atoms with Crippen molar-refractivity contribution in [3.05, 3.63) is 35.4 Å². The first-order valence-electron chi connectivity index (χ1n) is 8.04. The number of likely N-dealkylation sites (tertiary alicyclic amines) is 1. The highest BCUT2D eigenvalue weighted by atomic mass is 32.2. The first-order valence-corrected chi connectivity index (χ1v) is 9.89. The van der Waals surface area contributed by atoms with Crippen LogP contribution in [0, 0.1) is 12.8 Å². The molecular formula is C17H26N2O3S. The molecular weight excluding hydrogens is 312 g/mol. The number of carbonyl (C=O) groups is 1. The van der Waals surface area contributed by atoms with Crippen LogP contribution in [0.15, 0.2) is 24.3 Å². The van der Waals surface area contributed by atoms with Crippen molar-refractivity contribution in [2.45, 2.75) is 33.2 Å². The van der Waals surface area contributed by atoms with Gasteiger partial charge in [0.15, 0.2) is 0 Å². The molecule has 2 rings (SSSR count). The normalized spacial score (nSPS) is 19.1. The molecule has 0 radical (unpaired) electrons. The van der Waals surface area contributed by atoms with E-state index in [1.807, 2.05) is 31.2 Å². The van der Waals surface area contributed by atoms with Crippen LogP contribution in [0.5, 0.6) is 0 Å². The average molecular weight is 338 g/mol. The molecule has 5 nitrogen and oxygen atoms in total. The first-order chi connectivity index (χ1) is 10.8. The van der Waals surface area contributed by atoms with E-state index in [1.165, 1.54) is 4.31 Å². The summed E-state index contributed by atoms with van der Waals surface area (Å²) in [7, 11) is -3.44. The Bertz CT molecular complexity index is 658. The Kier molecular flexibility index (Phi) is 5.81. The Hall–Kier alpha value is -1.40. The van der Waals surface area contributed by atoms with Crippen molar-refractivity contribution in [1.82, 2.24) is 9.21 Å². The second kappa shape index (κ2) is 7.45. The molecule has 0 aromatic heterocycles.